The number of carbonyl (C=O) groups is 1. The van der Waals surface area contributed by atoms with Gasteiger partial charge >= 0.3 is 0 Å². The maximum absolute atomic E-state index is 12.0. The van der Waals surface area contributed by atoms with Gasteiger partial charge in [0.2, 0.25) is 5.91 Å². The molecule has 0 saturated heterocycles. The van der Waals surface area contributed by atoms with E-state index < -0.39 is 0 Å². The molecule has 4 nitrogen and oxygen atoms in total. The van der Waals surface area contributed by atoms with Gasteiger partial charge in [0.1, 0.15) is 5.75 Å². The van der Waals surface area contributed by atoms with Crippen LogP contribution in [-0.4, -0.2) is 22.8 Å². The first-order valence-electron chi connectivity index (χ1n) is 5.87. The van der Waals surface area contributed by atoms with Gasteiger partial charge in [-0.3, -0.25) is 4.79 Å². The van der Waals surface area contributed by atoms with E-state index in [-0.39, 0.29) is 11.8 Å². The van der Waals surface area contributed by atoms with Crippen molar-refractivity contribution in [3.63, 3.8) is 0 Å². The molecule has 0 fully saturated rings. The lowest BCUT2D eigenvalue weighted by Crippen LogP contribution is -2.21. The van der Waals surface area contributed by atoms with Crippen LogP contribution in [0.1, 0.15) is 17.3 Å². The molecule has 0 radical (unpaired) electrons. The molecule has 94 valence electrons. The largest absolute Gasteiger partial charge is 0.497 e. The Morgan fingerprint density at radius 3 is 2.67 bits per heavy atom. The molecule has 0 spiro atoms. The molecule has 4 heteroatoms. The lowest BCUT2D eigenvalue weighted by molar-refractivity contribution is 0.0827. The zero-order valence-electron chi connectivity index (χ0n) is 10.5. The van der Waals surface area contributed by atoms with Crippen molar-refractivity contribution in [2.24, 2.45) is 5.92 Å². The second kappa shape index (κ2) is 5.49. The fourth-order valence-electron chi connectivity index (χ4n) is 1.83. The molecule has 1 aromatic carbocycles. The number of benzene rings is 1. The zero-order valence-corrected chi connectivity index (χ0v) is 10.5. The van der Waals surface area contributed by atoms with Gasteiger partial charge in [-0.15, -0.1) is 0 Å². The Kier molecular flexibility index (Phi) is 3.77. The van der Waals surface area contributed by atoms with E-state index in [1.807, 2.05) is 31.2 Å². The summed E-state index contributed by atoms with van der Waals surface area (Å²) in [5.74, 6) is 0.735. The lowest BCUT2D eigenvalue weighted by atomic mass is 10.0. The molecule has 0 bridgehead atoms. The van der Waals surface area contributed by atoms with Crippen LogP contribution in [0.5, 0.6) is 5.75 Å². The molecular formula is C14H16N2O2. The third kappa shape index (κ3) is 2.77. The molecule has 0 unspecified atom stereocenters. The molecule has 1 aromatic heterocycles. The molecule has 1 heterocycles. The Morgan fingerprint density at radius 2 is 2.11 bits per heavy atom. The Hall–Kier alpha value is -2.10. The molecule has 0 aliphatic heterocycles. The number of carbonyl (C=O) groups excluding carboxylic acids is 1. The van der Waals surface area contributed by atoms with E-state index in [1.165, 1.54) is 4.68 Å². The minimum Gasteiger partial charge on any atom is -0.497 e. The Labute approximate surface area is 106 Å². The lowest BCUT2D eigenvalue weighted by Gasteiger charge is -2.10. The monoisotopic (exact) mass is 244 g/mol. The Bertz CT molecular complexity index is 503. The average Bonchev–Trinajstić information content (AvgIpc) is 2.92. The summed E-state index contributed by atoms with van der Waals surface area (Å²) < 4.78 is 6.48. The molecule has 0 saturated carbocycles. The number of ether oxygens (including phenoxy) is 1. The highest BCUT2D eigenvalue weighted by atomic mass is 16.5. The first kappa shape index (κ1) is 12.4. The van der Waals surface area contributed by atoms with Crippen molar-refractivity contribution in [1.29, 1.82) is 0 Å². The van der Waals surface area contributed by atoms with Crippen molar-refractivity contribution in [2.45, 2.75) is 13.3 Å². The summed E-state index contributed by atoms with van der Waals surface area (Å²) in [5.41, 5.74) is 1.11. The van der Waals surface area contributed by atoms with E-state index in [2.05, 4.69) is 5.10 Å². The molecule has 18 heavy (non-hydrogen) atoms. The number of nitrogens with zero attached hydrogens (tertiary/aromatic N) is 2. The average molecular weight is 244 g/mol. The van der Waals surface area contributed by atoms with Gasteiger partial charge in [-0.1, -0.05) is 19.1 Å². The highest BCUT2D eigenvalue weighted by Gasteiger charge is 2.15. The summed E-state index contributed by atoms with van der Waals surface area (Å²) in [6.07, 6.45) is 3.98. The van der Waals surface area contributed by atoms with E-state index in [0.717, 1.165) is 11.3 Å². The Morgan fingerprint density at radius 1 is 1.39 bits per heavy atom. The maximum Gasteiger partial charge on any atom is 0.249 e. The van der Waals surface area contributed by atoms with Gasteiger partial charge in [0.15, 0.2) is 0 Å². The quantitative estimate of drug-likeness (QED) is 0.829. The third-order valence-corrected chi connectivity index (χ3v) is 2.85. The Balaban J connectivity index is 2.02. The van der Waals surface area contributed by atoms with Crippen LogP contribution in [0.3, 0.4) is 0 Å². The highest BCUT2D eigenvalue weighted by molar-refractivity contribution is 5.80. The van der Waals surface area contributed by atoms with E-state index >= 15 is 0 Å². The van der Waals surface area contributed by atoms with Crippen molar-refractivity contribution < 1.29 is 9.53 Å². The summed E-state index contributed by atoms with van der Waals surface area (Å²) in [6.45, 7) is 1.91. The minimum atomic E-state index is -0.0988. The smallest absolute Gasteiger partial charge is 0.249 e. The number of hydrogen-bond donors (Lipinski definition) is 0. The second-order valence-electron chi connectivity index (χ2n) is 4.24. The summed E-state index contributed by atoms with van der Waals surface area (Å²) in [5, 5.41) is 3.95. The first-order chi connectivity index (χ1) is 8.70. The minimum absolute atomic E-state index is 0.0100. The summed E-state index contributed by atoms with van der Waals surface area (Å²) in [4.78, 5) is 12.0. The van der Waals surface area contributed by atoms with Crippen molar-refractivity contribution >= 4 is 5.91 Å². The van der Waals surface area contributed by atoms with Crippen LogP contribution in [0.2, 0.25) is 0 Å². The van der Waals surface area contributed by atoms with Gasteiger partial charge in [-0.25, -0.2) is 4.68 Å². The standard InChI is InChI=1S/C14H16N2O2/c1-11(14(17)16-9-3-8-15-16)10-12-4-6-13(18-2)7-5-12/h3-9,11H,10H2,1-2H3/t11-/m1/s1. The van der Waals surface area contributed by atoms with Gasteiger partial charge in [0.25, 0.3) is 0 Å². The van der Waals surface area contributed by atoms with Gasteiger partial charge < -0.3 is 4.74 Å². The van der Waals surface area contributed by atoms with E-state index in [9.17, 15) is 4.79 Å². The van der Waals surface area contributed by atoms with Crippen LogP contribution in [0.4, 0.5) is 0 Å². The number of methoxy groups -OCH3 is 1. The van der Waals surface area contributed by atoms with Crippen LogP contribution >= 0.6 is 0 Å². The SMILES string of the molecule is COc1ccc(C[C@@H](C)C(=O)n2cccn2)cc1. The summed E-state index contributed by atoms with van der Waals surface area (Å²) in [6, 6.07) is 9.51. The van der Waals surface area contributed by atoms with Crippen molar-refractivity contribution in [1.82, 2.24) is 9.78 Å². The van der Waals surface area contributed by atoms with Crippen molar-refractivity contribution in [3.8, 4) is 5.75 Å². The highest BCUT2D eigenvalue weighted by Crippen LogP contribution is 2.15. The molecular weight excluding hydrogens is 228 g/mol. The van der Waals surface area contributed by atoms with E-state index in [0.29, 0.717) is 6.42 Å². The van der Waals surface area contributed by atoms with Crippen LogP contribution < -0.4 is 4.74 Å². The number of rotatable bonds is 4. The van der Waals surface area contributed by atoms with Crippen LogP contribution in [0.15, 0.2) is 42.7 Å². The van der Waals surface area contributed by atoms with Gasteiger partial charge in [0.05, 0.1) is 7.11 Å². The molecule has 0 aliphatic rings. The van der Waals surface area contributed by atoms with Crippen LogP contribution in [0.25, 0.3) is 0 Å². The number of aromatic nitrogens is 2. The number of hydrogen-bond acceptors (Lipinski definition) is 3. The fraction of sp³-hybridized carbons (Fsp3) is 0.286. The van der Waals surface area contributed by atoms with Gasteiger partial charge in [-0.05, 0) is 30.2 Å². The predicted molar refractivity (Wildman–Crippen MR) is 68.7 cm³/mol. The predicted octanol–water partition coefficient (Wildman–Crippen LogP) is 2.41. The summed E-state index contributed by atoms with van der Waals surface area (Å²) in [7, 11) is 1.64. The summed E-state index contributed by atoms with van der Waals surface area (Å²) >= 11 is 0. The molecule has 0 amide bonds. The van der Waals surface area contributed by atoms with E-state index in [1.54, 1.807) is 25.6 Å². The van der Waals surface area contributed by atoms with Crippen molar-refractivity contribution in [3.05, 3.63) is 48.3 Å². The maximum atomic E-state index is 12.0. The topological polar surface area (TPSA) is 44.1 Å². The fourth-order valence-corrected chi connectivity index (χ4v) is 1.83. The second-order valence-corrected chi connectivity index (χ2v) is 4.24. The zero-order chi connectivity index (χ0) is 13.0. The molecule has 2 aromatic rings. The third-order valence-electron chi connectivity index (χ3n) is 2.85. The molecule has 0 N–H and O–H groups in total. The van der Waals surface area contributed by atoms with Gasteiger partial charge in [-0.2, -0.15) is 5.10 Å². The van der Waals surface area contributed by atoms with Crippen LogP contribution in [0, 0.1) is 5.92 Å². The molecule has 1 atom stereocenters. The molecule has 2 rings (SSSR count). The molecule has 0 aliphatic carbocycles. The normalized spacial score (nSPS) is 12.1. The van der Waals surface area contributed by atoms with E-state index in [4.69, 9.17) is 4.74 Å². The van der Waals surface area contributed by atoms with Gasteiger partial charge in [0, 0.05) is 18.3 Å². The van der Waals surface area contributed by atoms with Crippen molar-refractivity contribution in [2.75, 3.05) is 7.11 Å². The first-order valence-corrected chi connectivity index (χ1v) is 5.87. The van der Waals surface area contributed by atoms with Crippen LogP contribution in [-0.2, 0) is 6.42 Å².